The summed E-state index contributed by atoms with van der Waals surface area (Å²) in [5.41, 5.74) is 2.27. The summed E-state index contributed by atoms with van der Waals surface area (Å²) in [7, 11) is 3.38. The molecule has 1 aliphatic heterocycles. The SMILES string of the molecule is CNC(=O)C(C)CN(C)C(=O)C1CNCc2ccccc21. The monoisotopic (exact) mass is 289 g/mol. The molecular formula is C16H23N3O2. The Morgan fingerprint density at radius 1 is 1.43 bits per heavy atom. The fourth-order valence-electron chi connectivity index (χ4n) is 2.81. The number of benzene rings is 1. The summed E-state index contributed by atoms with van der Waals surface area (Å²) in [5, 5.41) is 5.90. The highest BCUT2D eigenvalue weighted by atomic mass is 16.2. The maximum atomic E-state index is 12.7. The molecule has 2 amide bonds. The van der Waals surface area contributed by atoms with Crippen molar-refractivity contribution in [1.29, 1.82) is 0 Å². The van der Waals surface area contributed by atoms with E-state index in [2.05, 4.69) is 16.7 Å². The van der Waals surface area contributed by atoms with Gasteiger partial charge in [0.1, 0.15) is 0 Å². The summed E-state index contributed by atoms with van der Waals surface area (Å²) in [5.74, 6) is -0.366. The third-order valence-electron chi connectivity index (χ3n) is 4.01. The van der Waals surface area contributed by atoms with E-state index in [1.807, 2.05) is 25.1 Å². The van der Waals surface area contributed by atoms with Crippen molar-refractivity contribution in [3.05, 3.63) is 35.4 Å². The van der Waals surface area contributed by atoms with Crippen LogP contribution in [-0.4, -0.2) is 43.9 Å². The van der Waals surface area contributed by atoms with Crippen LogP contribution < -0.4 is 10.6 Å². The first-order valence-corrected chi connectivity index (χ1v) is 7.29. The molecule has 21 heavy (non-hydrogen) atoms. The molecule has 0 saturated heterocycles. The number of fused-ring (bicyclic) bond motifs is 1. The van der Waals surface area contributed by atoms with Crippen LogP contribution in [0.5, 0.6) is 0 Å². The molecule has 1 heterocycles. The molecule has 5 nitrogen and oxygen atoms in total. The molecular weight excluding hydrogens is 266 g/mol. The zero-order chi connectivity index (χ0) is 15.4. The van der Waals surface area contributed by atoms with E-state index in [4.69, 9.17) is 0 Å². The third kappa shape index (κ3) is 3.42. The molecule has 1 aromatic rings. The predicted molar refractivity (Wildman–Crippen MR) is 81.8 cm³/mol. The first-order valence-electron chi connectivity index (χ1n) is 7.29. The van der Waals surface area contributed by atoms with Crippen LogP contribution in [0.25, 0.3) is 0 Å². The van der Waals surface area contributed by atoms with Gasteiger partial charge in [-0.15, -0.1) is 0 Å². The van der Waals surface area contributed by atoms with Gasteiger partial charge in [-0.3, -0.25) is 9.59 Å². The molecule has 2 N–H and O–H groups in total. The number of nitrogens with zero attached hydrogens (tertiary/aromatic N) is 1. The number of likely N-dealkylation sites (N-methyl/N-ethyl adjacent to an activating group) is 1. The third-order valence-corrected chi connectivity index (χ3v) is 4.01. The lowest BCUT2D eigenvalue weighted by Crippen LogP contribution is -2.43. The van der Waals surface area contributed by atoms with Crippen molar-refractivity contribution in [3.8, 4) is 0 Å². The van der Waals surface area contributed by atoms with E-state index in [-0.39, 0.29) is 23.7 Å². The van der Waals surface area contributed by atoms with Crippen molar-refractivity contribution in [3.63, 3.8) is 0 Å². The average molecular weight is 289 g/mol. The van der Waals surface area contributed by atoms with E-state index >= 15 is 0 Å². The normalized spacial score (nSPS) is 18.5. The molecule has 1 aromatic carbocycles. The minimum Gasteiger partial charge on any atom is -0.359 e. The lowest BCUT2D eigenvalue weighted by Gasteiger charge is -2.30. The first kappa shape index (κ1) is 15.5. The van der Waals surface area contributed by atoms with E-state index in [0.717, 1.165) is 12.1 Å². The minimum absolute atomic E-state index is 0.0446. The van der Waals surface area contributed by atoms with Gasteiger partial charge in [0.25, 0.3) is 0 Å². The van der Waals surface area contributed by atoms with E-state index in [9.17, 15) is 9.59 Å². The van der Waals surface area contributed by atoms with Crippen LogP contribution in [0, 0.1) is 5.92 Å². The van der Waals surface area contributed by atoms with Gasteiger partial charge in [-0.2, -0.15) is 0 Å². The number of amides is 2. The molecule has 0 bridgehead atoms. The Morgan fingerprint density at radius 2 is 2.14 bits per heavy atom. The number of hydrogen-bond donors (Lipinski definition) is 2. The van der Waals surface area contributed by atoms with Crippen LogP contribution in [0.1, 0.15) is 24.0 Å². The average Bonchev–Trinajstić information content (AvgIpc) is 2.52. The molecule has 0 radical (unpaired) electrons. The van der Waals surface area contributed by atoms with Crippen LogP contribution in [0.2, 0.25) is 0 Å². The molecule has 2 atom stereocenters. The van der Waals surface area contributed by atoms with Gasteiger partial charge in [0.15, 0.2) is 0 Å². The second-order valence-corrected chi connectivity index (χ2v) is 5.62. The molecule has 114 valence electrons. The van der Waals surface area contributed by atoms with Crippen LogP contribution >= 0.6 is 0 Å². The number of carbonyl (C=O) groups is 2. The number of rotatable bonds is 4. The van der Waals surface area contributed by atoms with E-state index in [0.29, 0.717) is 13.1 Å². The Kier molecular flexibility index (Phi) is 4.96. The number of hydrogen-bond acceptors (Lipinski definition) is 3. The van der Waals surface area contributed by atoms with Gasteiger partial charge in [0.05, 0.1) is 11.8 Å². The summed E-state index contributed by atoms with van der Waals surface area (Å²) in [6.45, 7) is 3.71. The van der Waals surface area contributed by atoms with Crippen molar-refractivity contribution in [2.24, 2.45) is 5.92 Å². The zero-order valence-corrected chi connectivity index (χ0v) is 12.8. The lowest BCUT2D eigenvalue weighted by atomic mass is 9.89. The summed E-state index contributed by atoms with van der Waals surface area (Å²) < 4.78 is 0. The van der Waals surface area contributed by atoms with Crippen molar-refractivity contribution >= 4 is 11.8 Å². The highest BCUT2D eigenvalue weighted by molar-refractivity contribution is 5.85. The van der Waals surface area contributed by atoms with E-state index in [1.165, 1.54) is 5.56 Å². The van der Waals surface area contributed by atoms with Crippen molar-refractivity contribution in [1.82, 2.24) is 15.5 Å². The van der Waals surface area contributed by atoms with Crippen LogP contribution in [0.4, 0.5) is 0 Å². The quantitative estimate of drug-likeness (QED) is 0.858. The highest BCUT2D eigenvalue weighted by Crippen LogP contribution is 2.25. The highest BCUT2D eigenvalue weighted by Gasteiger charge is 2.29. The second-order valence-electron chi connectivity index (χ2n) is 5.62. The van der Waals surface area contributed by atoms with Crippen molar-refractivity contribution in [2.75, 3.05) is 27.2 Å². The Bertz CT molecular complexity index is 530. The molecule has 5 heteroatoms. The molecule has 0 saturated carbocycles. The summed E-state index contributed by atoms with van der Waals surface area (Å²) in [6.07, 6.45) is 0. The Labute approximate surface area is 125 Å². The maximum absolute atomic E-state index is 12.7. The van der Waals surface area contributed by atoms with Crippen LogP contribution in [0.3, 0.4) is 0 Å². The van der Waals surface area contributed by atoms with Gasteiger partial charge in [-0.1, -0.05) is 31.2 Å². The molecule has 0 spiro atoms. The van der Waals surface area contributed by atoms with E-state index < -0.39 is 0 Å². The van der Waals surface area contributed by atoms with Crippen LogP contribution in [-0.2, 0) is 16.1 Å². The van der Waals surface area contributed by atoms with Crippen molar-refractivity contribution < 1.29 is 9.59 Å². The number of carbonyl (C=O) groups excluding carboxylic acids is 2. The van der Waals surface area contributed by atoms with Crippen LogP contribution in [0.15, 0.2) is 24.3 Å². The Hall–Kier alpha value is -1.88. The maximum Gasteiger partial charge on any atom is 0.231 e. The smallest absolute Gasteiger partial charge is 0.231 e. The number of nitrogens with one attached hydrogen (secondary N) is 2. The van der Waals surface area contributed by atoms with Gasteiger partial charge in [-0.25, -0.2) is 0 Å². The molecule has 0 fully saturated rings. The predicted octanol–water partition coefficient (Wildman–Crippen LogP) is 0.714. The Balaban J connectivity index is 2.08. The van der Waals surface area contributed by atoms with E-state index in [1.54, 1.807) is 19.0 Å². The second kappa shape index (κ2) is 6.72. The first-order chi connectivity index (χ1) is 10.0. The molecule has 2 unspecified atom stereocenters. The minimum atomic E-state index is -0.212. The Morgan fingerprint density at radius 3 is 2.86 bits per heavy atom. The van der Waals surface area contributed by atoms with Gasteiger partial charge in [-0.05, 0) is 11.1 Å². The van der Waals surface area contributed by atoms with Gasteiger partial charge in [0, 0.05) is 33.7 Å². The van der Waals surface area contributed by atoms with Crippen molar-refractivity contribution in [2.45, 2.75) is 19.4 Å². The topological polar surface area (TPSA) is 61.4 Å². The standard InChI is InChI=1S/C16H23N3O2/c1-11(15(20)17-2)10-19(3)16(21)14-9-18-8-12-6-4-5-7-13(12)14/h4-7,11,14,18H,8-10H2,1-3H3,(H,17,20). The lowest BCUT2D eigenvalue weighted by molar-refractivity contribution is -0.133. The van der Waals surface area contributed by atoms with Gasteiger partial charge < -0.3 is 15.5 Å². The molecule has 2 rings (SSSR count). The molecule has 0 aromatic heterocycles. The zero-order valence-electron chi connectivity index (χ0n) is 12.8. The van der Waals surface area contributed by atoms with Gasteiger partial charge in [0.2, 0.25) is 11.8 Å². The summed E-state index contributed by atoms with van der Waals surface area (Å²) >= 11 is 0. The summed E-state index contributed by atoms with van der Waals surface area (Å²) in [6, 6.07) is 8.03. The van der Waals surface area contributed by atoms with Gasteiger partial charge >= 0.3 is 0 Å². The molecule has 0 aliphatic carbocycles. The molecule has 1 aliphatic rings. The fraction of sp³-hybridized carbons (Fsp3) is 0.500. The summed E-state index contributed by atoms with van der Waals surface area (Å²) in [4.78, 5) is 25.9. The largest absolute Gasteiger partial charge is 0.359 e. The fourth-order valence-corrected chi connectivity index (χ4v) is 2.81.